The normalized spacial score (nSPS) is 11.0. The topological polar surface area (TPSA) is 47.4 Å². The molecule has 0 aliphatic rings. The van der Waals surface area contributed by atoms with E-state index >= 15 is 0 Å². The van der Waals surface area contributed by atoms with Gasteiger partial charge in [0.15, 0.2) is 0 Å². The van der Waals surface area contributed by atoms with Crippen molar-refractivity contribution in [2.45, 2.75) is 26.9 Å². The van der Waals surface area contributed by atoms with E-state index in [1.54, 1.807) is 13.3 Å². The highest BCUT2D eigenvalue weighted by molar-refractivity contribution is 7.12. The lowest BCUT2D eigenvalue weighted by Crippen LogP contribution is -2.34. The molecule has 2 heterocycles. The monoisotopic (exact) mass is 383 g/mol. The first kappa shape index (κ1) is 19.2. The van der Waals surface area contributed by atoms with Gasteiger partial charge in [-0.1, -0.05) is 32.0 Å². The van der Waals surface area contributed by atoms with E-state index < -0.39 is 0 Å². The number of carbonyl (C=O) groups is 1. The Morgan fingerprint density at radius 2 is 2.04 bits per heavy atom. The molecule has 0 bridgehead atoms. The molecule has 3 rings (SSSR count). The van der Waals surface area contributed by atoms with E-state index in [1.807, 2.05) is 52.9 Å². The van der Waals surface area contributed by atoms with Gasteiger partial charge in [0.2, 0.25) is 0 Å². The molecular weight excluding hydrogens is 358 g/mol. The first-order valence-electron chi connectivity index (χ1n) is 9.02. The van der Waals surface area contributed by atoms with Crippen LogP contribution in [0.3, 0.4) is 0 Å². The van der Waals surface area contributed by atoms with Crippen LogP contribution in [0.15, 0.2) is 54.2 Å². The zero-order chi connectivity index (χ0) is 19.2. The molecule has 1 amide bonds. The van der Waals surface area contributed by atoms with Crippen molar-refractivity contribution in [2.75, 3.05) is 13.7 Å². The lowest BCUT2D eigenvalue weighted by molar-refractivity contribution is 0.0721. The minimum atomic E-state index is 0.0673. The molecule has 2 aromatic heterocycles. The van der Waals surface area contributed by atoms with Crippen molar-refractivity contribution in [3.8, 4) is 5.75 Å². The van der Waals surface area contributed by atoms with Crippen LogP contribution in [0.1, 0.15) is 34.9 Å². The summed E-state index contributed by atoms with van der Waals surface area (Å²) in [5.41, 5.74) is 1.16. The van der Waals surface area contributed by atoms with Crippen LogP contribution in [0.5, 0.6) is 5.75 Å². The molecule has 27 heavy (non-hydrogen) atoms. The van der Waals surface area contributed by atoms with E-state index in [0.717, 1.165) is 22.0 Å². The van der Waals surface area contributed by atoms with Gasteiger partial charge in [-0.3, -0.25) is 4.79 Å². The van der Waals surface area contributed by atoms with Crippen molar-refractivity contribution < 1.29 is 9.53 Å². The highest BCUT2D eigenvalue weighted by atomic mass is 32.1. The molecule has 0 radical (unpaired) electrons. The highest BCUT2D eigenvalue weighted by Gasteiger charge is 2.20. The van der Waals surface area contributed by atoms with Crippen LogP contribution < -0.4 is 4.74 Å². The van der Waals surface area contributed by atoms with E-state index in [-0.39, 0.29) is 5.91 Å². The van der Waals surface area contributed by atoms with Crippen molar-refractivity contribution in [2.24, 2.45) is 5.92 Å². The van der Waals surface area contributed by atoms with Crippen LogP contribution in [0, 0.1) is 5.92 Å². The van der Waals surface area contributed by atoms with Crippen LogP contribution >= 0.6 is 11.3 Å². The van der Waals surface area contributed by atoms with Crippen LogP contribution in [-0.2, 0) is 13.1 Å². The van der Waals surface area contributed by atoms with Gasteiger partial charge in [0.05, 0.1) is 18.5 Å². The fourth-order valence-electron chi connectivity index (χ4n) is 2.95. The lowest BCUT2D eigenvalue weighted by Gasteiger charge is -2.24. The SMILES string of the molecule is COc1ccc(Cn2ccnc2CN(CC(C)C)C(=O)c2cccs2)cc1. The molecule has 6 heteroatoms. The number of hydrogen-bond donors (Lipinski definition) is 0. The number of rotatable bonds is 8. The van der Waals surface area contributed by atoms with E-state index in [9.17, 15) is 4.79 Å². The predicted octanol–water partition coefficient (Wildman–Crippen LogP) is 4.30. The number of amides is 1. The Morgan fingerprint density at radius 1 is 1.26 bits per heavy atom. The molecule has 0 atom stereocenters. The second-order valence-electron chi connectivity index (χ2n) is 6.88. The molecule has 0 spiro atoms. The number of benzene rings is 1. The van der Waals surface area contributed by atoms with Gasteiger partial charge in [-0.25, -0.2) is 4.98 Å². The Kier molecular flexibility index (Phi) is 6.29. The van der Waals surface area contributed by atoms with Gasteiger partial charge in [0, 0.05) is 25.5 Å². The number of nitrogens with zero attached hydrogens (tertiary/aromatic N) is 3. The number of methoxy groups -OCH3 is 1. The van der Waals surface area contributed by atoms with Crippen LogP contribution in [0.4, 0.5) is 0 Å². The smallest absolute Gasteiger partial charge is 0.264 e. The lowest BCUT2D eigenvalue weighted by atomic mass is 10.2. The second-order valence-corrected chi connectivity index (χ2v) is 7.82. The molecule has 3 aromatic rings. The molecule has 0 fully saturated rings. The summed E-state index contributed by atoms with van der Waals surface area (Å²) in [6.07, 6.45) is 3.75. The van der Waals surface area contributed by atoms with Crippen molar-refractivity contribution in [3.63, 3.8) is 0 Å². The quantitative estimate of drug-likeness (QED) is 0.583. The largest absolute Gasteiger partial charge is 0.497 e. The number of hydrogen-bond acceptors (Lipinski definition) is 4. The van der Waals surface area contributed by atoms with Gasteiger partial charge in [-0.05, 0) is 35.1 Å². The molecule has 0 saturated carbocycles. The first-order valence-corrected chi connectivity index (χ1v) is 9.90. The van der Waals surface area contributed by atoms with Gasteiger partial charge >= 0.3 is 0 Å². The zero-order valence-electron chi connectivity index (χ0n) is 16.0. The molecule has 0 saturated heterocycles. The maximum atomic E-state index is 12.9. The molecule has 0 unspecified atom stereocenters. The van der Waals surface area contributed by atoms with Gasteiger partial charge in [-0.15, -0.1) is 11.3 Å². The summed E-state index contributed by atoms with van der Waals surface area (Å²) in [4.78, 5) is 20.1. The third-order valence-electron chi connectivity index (χ3n) is 4.25. The fraction of sp³-hybridized carbons (Fsp3) is 0.333. The summed E-state index contributed by atoms with van der Waals surface area (Å²) < 4.78 is 7.31. The molecular formula is C21H25N3O2S. The Labute approximate surface area is 164 Å². The summed E-state index contributed by atoms with van der Waals surface area (Å²) in [6.45, 7) is 6.16. The first-order chi connectivity index (χ1) is 13.1. The van der Waals surface area contributed by atoms with Crippen molar-refractivity contribution in [1.82, 2.24) is 14.5 Å². The maximum absolute atomic E-state index is 12.9. The predicted molar refractivity (Wildman–Crippen MR) is 108 cm³/mol. The fourth-order valence-corrected chi connectivity index (χ4v) is 3.64. The number of aromatic nitrogens is 2. The van der Waals surface area contributed by atoms with Gasteiger partial charge in [0.1, 0.15) is 11.6 Å². The number of carbonyl (C=O) groups excluding carboxylic acids is 1. The summed E-state index contributed by atoms with van der Waals surface area (Å²) in [5.74, 6) is 2.18. The number of thiophene rings is 1. The Morgan fingerprint density at radius 3 is 2.67 bits per heavy atom. The standard InChI is InChI=1S/C21H25N3O2S/c1-16(2)13-24(21(25)19-5-4-12-27-19)15-20-22-10-11-23(20)14-17-6-8-18(26-3)9-7-17/h4-12,16H,13-15H2,1-3H3. The minimum Gasteiger partial charge on any atom is -0.497 e. The molecule has 0 aliphatic carbocycles. The van der Waals surface area contributed by atoms with Crippen molar-refractivity contribution >= 4 is 17.2 Å². The van der Waals surface area contributed by atoms with Gasteiger partial charge < -0.3 is 14.2 Å². The number of imidazole rings is 1. The average Bonchev–Trinajstić information content (AvgIpc) is 3.33. The van der Waals surface area contributed by atoms with E-state index in [0.29, 0.717) is 25.6 Å². The Bertz CT molecular complexity index is 854. The molecule has 0 aliphatic heterocycles. The maximum Gasteiger partial charge on any atom is 0.264 e. The van der Waals surface area contributed by atoms with E-state index in [1.165, 1.54) is 11.3 Å². The third-order valence-corrected chi connectivity index (χ3v) is 5.11. The minimum absolute atomic E-state index is 0.0673. The number of ether oxygens (including phenoxy) is 1. The summed E-state index contributed by atoms with van der Waals surface area (Å²) in [6, 6.07) is 11.8. The molecule has 1 aromatic carbocycles. The second kappa shape index (κ2) is 8.86. The van der Waals surface area contributed by atoms with Gasteiger partial charge in [0.25, 0.3) is 5.91 Å². The van der Waals surface area contributed by atoms with E-state index in [4.69, 9.17) is 4.74 Å². The van der Waals surface area contributed by atoms with Gasteiger partial charge in [-0.2, -0.15) is 0 Å². The Balaban J connectivity index is 1.76. The summed E-state index contributed by atoms with van der Waals surface area (Å²) in [7, 11) is 1.66. The average molecular weight is 384 g/mol. The molecule has 5 nitrogen and oxygen atoms in total. The summed E-state index contributed by atoms with van der Waals surface area (Å²) in [5, 5.41) is 1.94. The summed E-state index contributed by atoms with van der Waals surface area (Å²) >= 11 is 1.48. The zero-order valence-corrected chi connectivity index (χ0v) is 16.8. The van der Waals surface area contributed by atoms with E-state index in [2.05, 4.69) is 23.4 Å². The molecule has 0 N–H and O–H groups in total. The van der Waals surface area contributed by atoms with Crippen molar-refractivity contribution in [3.05, 3.63) is 70.4 Å². The van der Waals surface area contributed by atoms with Crippen LogP contribution in [0.25, 0.3) is 0 Å². The van der Waals surface area contributed by atoms with Crippen molar-refractivity contribution in [1.29, 1.82) is 0 Å². The molecule has 142 valence electrons. The van der Waals surface area contributed by atoms with Crippen LogP contribution in [0.2, 0.25) is 0 Å². The van der Waals surface area contributed by atoms with Crippen LogP contribution in [-0.4, -0.2) is 34.0 Å². The Hall–Kier alpha value is -2.60. The third kappa shape index (κ3) is 4.98. The highest BCUT2D eigenvalue weighted by Crippen LogP contribution is 2.17.